The molecule has 3 heteroatoms. The van der Waals surface area contributed by atoms with E-state index in [1.165, 1.54) is 0 Å². The Kier molecular flexibility index (Phi) is 9.19. The van der Waals surface area contributed by atoms with Gasteiger partial charge in [0.15, 0.2) is 0 Å². The minimum atomic E-state index is 0. The first-order chi connectivity index (χ1) is 3.62. The quantitative estimate of drug-likeness (QED) is 0.468. The molecular weight excluding hydrogens is 139 g/mol. The Labute approximate surface area is 100 Å². The second kappa shape index (κ2) is 6.28. The van der Waals surface area contributed by atoms with E-state index in [1.54, 1.807) is 0 Å². The van der Waals surface area contributed by atoms with E-state index in [0.717, 1.165) is 6.54 Å². The molecule has 0 amide bonds. The topological polar surface area (TPSA) is 40.1 Å². The largest absolute Gasteiger partial charge is 1.00 e. The van der Waals surface area contributed by atoms with Crippen molar-refractivity contribution < 1.29 is 51.4 Å². The molecule has 0 bridgehead atoms. The van der Waals surface area contributed by atoms with Crippen molar-refractivity contribution in [2.24, 2.45) is 11.1 Å². The van der Waals surface area contributed by atoms with Gasteiger partial charge in [-0.25, -0.2) is 0 Å². The number of nitrogens with two attached hydrogens (primary N) is 1. The van der Waals surface area contributed by atoms with Crippen molar-refractivity contribution in [1.82, 2.24) is 0 Å². The minimum Gasteiger partial charge on any atom is -0.665 e. The van der Waals surface area contributed by atoms with Crippen LogP contribution >= 0.6 is 0 Å². The SMILES string of the molecule is C[N-]CC(C)(C)CN.[K+]. The van der Waals surface area contributed by atoms with Gasteiger partial charge < -0.3 is 11.1 Å². The first kappa shape index (κ1) is 13.2. The summed E-state index contributed by atoms with van der Waals surface area (Å²) in [5, 5.41) is 4.00. The van der Waals surface area contributed by atoms with E-state index in [9.17, 15) is 0 Å². The molecule has 0 aromatic carbocycles. The van der Waals surface area contributed by atoms with Gasteiger partial charge in [-0.2, -0.15) is 7.05 Å². The maximum atomic E-state index is 5.43. The van der Waals surface area contributed by atoms with Crippen molar-refractivity contribution in [2.75, 3.05) is 20.1 Å². The minimum absolute atomic E-state index is 0. The Morgan fingerprint density at radius 2 is 1.89 bits per heavy atom. The fourth-order valence-electron chi connectivity index (χ4n) is 0.493. The van der Waals surface area contributed by atoms with Crippen molar-refractivity contribution in [2.45, 2.75) is 13.8 Å². The van der Waals surface area contributed by atoms with Gasteiger partial charge >= 0.3 is 51.4 Å². The summed E-state index contributed by atoms with van der Waals surface area (Å²) in [6.45, 7) is 5.80. The van der Waals surface area contributed by atoms with Crippen molar-refractivity contribution in [3.8, 4) is 0 Å². The van der Waals surface area contributed by atoms with E-state index in [0.29, 0.717) is 6.54 Å². The summed E-state index contributed by atoms with van der Waals surface area (Å²) in [6.07, 6.45) is 0. The van der Waals surface area contributed by atoms with Crippen LogP contribution in [0.25, 0.3) is 5.32 Å². The molecule has 0 rings (SSSR count). The molecule has 0 unspecified atom stereocenters. The predicted octanol–water partition coefficient (Wildman–Crippen LogP) is -2.02. The van der Waals surface area contributed by atoms with E-state index in [4.69, 9.17) is 5.73 Å². The molecule has 0 radical (unpaired) electrons. The molecule has 2 nitrogen and oxygen atoms in total. The molecule has 0 fully saturated rings. The van der Waals surface area contributed by atoms with Gasteiger partial charge in [-0.05, 0) is 12.0 Å². The van der Waals surface area contributed by atoms with Gasteiger partial charge in [0.25, 0.3) is 0 Å². The molecule has 50 valence electrons. The van der Waals surface area contributed by atoms with Crippen LogP contribution in [0.3, 0.4) is 0 Å². The third-order valence-corrected chi connectivity index (χ3v) is 1.14. The van der Waals surface area contributed by atoms with Crippen LogP contribution in [0.15, 0.2) is 0 Å². The fraction of sp³-hybridized carbons (Fsp3) is 1.00. The molecule has 2 N–H and O–H groups in total. The molecule has 0 atom stereocenters. The number of rotatable bonds is 3. The summed E-state index contributed by atoms with van der Waals surface area (Å²) in [4.78, 5) is 0. The average molecular weight is 154 g/mol. The molecule has 0 saturated carbocycles. The van der Waals surface area contributed by atoms with Crippen LogP contribution < -0.4 is 57.1 Å². The van der Waals surface area contributed by atoms with Gasteiger partial charge in [-0.15, -0.1) is 6.54 Å². The zero-order valence-corrected chi connectivity index (χ0v) is 10.1. The van der Waals surface area contributed by atoms with E-state index in [1.807, 2.05) is 7.05 Å². The standard InChI is InChI=1S/C6H15N2.K/c1-6(2,4-7)5-8-3;/h4-5,7H2,1-3H3;/q-1;+1. The molecule has 0 aliphatic rings. The first-order valence-electron chi connectivity index (χ1n) is 2.88. The van der Waals surface area contributed by atoms with Gasteiger partial charge in [-0.1, -0.05) is 13.8 Å². The maximum Gasteiger partial charge on any atom is 1.00 e. The summed E-state index contributed by atoms with van der Waals surface area (Å²) < 4.78 is 0. The van der Waals surface area contributed by atoms with Crippen LogP contribution in [0.2, 0.25) is 0 Å². The van der Waals surface area contributed by atoms with Gasteiger partial charge in [0, 0.05) is 0 Å². The number of nitrogens with zero attached hydrogens (tertiary/aromatic N) is 1. The third kappa shape index (κ3) is 7.45. The van der Waals surface area contributed by atoms with Crippen molar-refractivity contribution >= 4 is 0 Å². The molecule has 0 aromatic heterocycles. The zero-order chi connectivity index (χ0) is 6.62. The molecule has 0 aromatic rings. The maximum absolute atomic E-state index is 5.43. The van der Waals surface area contributed by atoms with E-state index in [-0.39, 0.29) is 56.8 Å². The monoisotopic (exact) mass is 154 g/mol. The van der Waals surface area contributed by atoms with Crippen LogP contribution in [0, 0.1) is 5.41 Å². The second-order valence-electron chi connectivity index (χ2n) is 2.84. The van der Waals surface area contributed by atoms with Crippen molar-refractivity contribution in [3.05, 3.63) is 5.32 Å². The van der Waals surface area contributed by atoms with Gasteiger partial charge in [0.2, 0.25) is 0 Å². The van der Waals surface area contributed by atoms with E-state index >= 15 is 0 Å². The second-order valence-corrected chi connectivity index (χ2v) is 2.84. The third-order valence-electron chi connectivity index (χ3n) is 1.14. The van der Waals surface area contributed by atoms with Crippen LogP contribution in [-0.2, 0) is 0 Å². The molecule has 0 aliphatic carbocycles. The normalized spacial score (nSPS) is 10.7. The van der Waals surface area contributed by atoms with Gasteiger partial charge in [0.1, 0.15) is 0 Å². The van der Waals surface area contributed by atoms with Crippen LogP contribution in [-0.4, -0.2) is 20.1 Å². The van der Waals surface area contributed by atoms with Gasteiger partial charge in [0.05, 0.1) is 0 Å². The average Bonchev–Trinajstić information content (AvgIpc) is 1.67. The fourth-order valence-corrected chi connectivity index (χ4v) is 0.493. The summed E-state index contributed by atoms with van der Waals surface area (Å²) >= 11 is 0. The zero-order valence-electron chi connectivity index (χ0n) is 6.94. The Morgan fingerprint density at radius 1 is 1.44 bits per heavy atom. The molecule has 9 heavy (non-hydrogen) atoms. The smallest absolute Gasteiger partial charge is 0.665 e. The van der Waals surface area contributed by atoms with Crippen LogP contribution in [0.1, 0.15) is 13.8 Å². The number of hydrogen-bond donors (Lipinski definition) is 1. The van der Waals surface area contributed by atoms with Crippen molar-refractivity contribution in [3.63, 3.8) is 0 Å². The molecule has 0 aliphatic heterocycles. The summed E-state index contributed by atoms with van der Waals surface area (Å²) in [5.74, 6) is 0. The predicted molar refractivity (Wildman–Crippen MR) is 37.0 cm³/mol. The molecular formula is C6H15KN2. The van der Waals surface area contributed by atoms with E-state index < -0.39 is 0 Å². The number of hydrogen-bond acceptors (Lipinski definition) is 1. The Hall–Kier alpha value is 1.56. The van der Waals surface area contributed by atoms with Crippen LogP contribution in [0.4, 0.5) is 0 Å². The van der Waals surface area contributed by atoms with Crippen molar-refractivity contribution in [1.29, 1.82) is 0 Å². The summed E-state index contributed by atoms with van der Waals surface area (Å²) in [5.41, 5.74) is 5.64. The Balaban J connectivity index is 0. The Bertz CT molecular complexity index is 64.1. The van der Waals surface area contributed by atoms with E-state index in [2.05, 4.69) is 19.2 Å². The summed E-state index contributed by atoms with van der Waals surface area (Å²) in [7, 11) is 1.82. The first-order valence-corrected chi connectivity index (χ1v) is 2.88. The molecule has 0 heterocycles. The van der Waals surface area contributed by atoms with Gasteiger partial charge in [-0.3, -0.25) is 0 Å². The van der Waals surface area contributed by atoms with Crippen LogP contribution in [0.5, 0.6) is 0 Å². The Morgan fingerprint density at radius 3 is 2.00 bits per heavy atom. The molecule has 0 saturated heterocycles. The molecule has 0 spiro atoms. The summed E-state index contributed by atoms with van der Waals surface area (Å²) in [6, 6.07) is 0.